The van der Waals surface area contributed by atoms with Crippen molar-refractivity contribution in [2.24, 2.45) is 11.3 Å². The highest BCUT2D eigenvalue weighted by atomic mass is 16.6. The molecule has 0 saturated heterocycles. The molecular formula is C23H34N2O7. The molecule has 1 aromatic rings. The summed E-state index contributed by atoms with van der Waals surface area (Å²) in [6, 6.07) is 0.495. The van der Waals surface area contributed by atoms with Crippen LogP contribution < -0.4 is 14.8 Å². The van der Waals surface area contributed by atoms with Gasteiger partial charge in [-0.15, -0.1) is 0 Å². The molecule has 0 aromatic carbocycles. The van der Waals surface area contributed by atoms with Gasteiger partial charge in [0.25, 0.3) is 5.91 Å². The van der Waals surface area contributed by atoms with E-state index < -0.39 is 30.0 Å². The van der Waals surface area contributed by atoms with E-state index in [2.05, 4.69) is 10.3 Å². The van der Waals surface area contributed by atoms with Crippen molar-refractivity contribution in [1.82, 2.24) is 10.3 Å². The Morgan fingerprint density at radius 1 is 1.22 bits per heavy atom. The molecule has 1 aromatic heterocycles. The third-order valence-electron chi connectivity index (χ3n) is 5.04. The Kier molecular flexibility index (Phi) is 8.60. The number of carbonyl (C=O) groups is 3. The van der Waals surface area contributed by atoms with Crippen LogP contribution >= 0.6 is 0 Å². The number of rotatable bonds is 10. The summed E-state index contributed by atoms with van der Waals surface area (Å²) in [6.07, 6.45) is 2.89. The number of hydrogen-bond donors (Lipinski definition) is 1. The number of pyridine rings is 1. The van der Waals surface area contributed by atoms with Crippen LogP contribution in [-0.2, 0) is 19.1 Å². The molecule has 2 rings (SSSR count). The highest BCUT2D eigenvalue weighted by Crippen LogP contribution is 2.33. The molecule has 1 amide bonds. The van der Waals surface area contributed by atoms with Gasteiger partial charge in [-0.25, -0.2) is 9.78 Å². The second-order valence-electron chi connectivity index (χ2n) is 9.19. The van der Waals surface area contributed by atoms with E-state index in [1.54, 1.807) is 6.92 Å². The molecule has 1 heterocycles. The van der Waals surface area contributed by atoms with Gasteiger partial charge in [0.15, 0.2) is 11.4 Å². The van der Waals surface area contributed by atoms with Crippen molar-refractivity contribution in [2.75, 3.05) is 13.7 Å². The van der Waals surface area contributed by atoms with Gasteiger partial charge in [-0.2, -0.15) is 0 Å². The third-order valence-corrected chi connectivity index (χ3v) is 5.04. The van der Waals surface area contributed by atoms with E-state index in [-0.39, 0.29) is 28.7 Å². The summed E-state index contributed by atoms with van der Waals surface area (Å²) in [5.41, 5.74) is -0.405. The Bertz CT molecular complexity index is 830. The summed E-state index contributed by atoms with van der Waals surface area (Å²) in [5, 5.41) is 2.54. The van der Waals surface area contributed by atoms with Crippen LogP contribution in [0.1, 0.15) is 64.9 Å². The van der Waals surface area contributed by atoms with Gasteiger partial charge in [-0.05, 0) is 38.0 Å². The molecule has 0 bridgehead atoms. The van der Waals surface area contributed by atoms with E-state index >= 15 is 0 Å². The van der Waals surface area contributed by atoms with Crippen LogP contribution in [0.25, 0.3) is 0 Å². The zero-order valence-corrected chi connectivity index (χ0v) is 19.9. The fraction of sp³-hybridized carbons (Fsp3) is 0.652. The Morgan fingerprint density at radius 2 is 1.88 bits per heavy atom. The topological polar surface area (TPSA) is 113 Å². The molecule has 178 valence electrons. The number of ether oxygens (including phenoxy) is 4. The first-order valence-corrected chi connectivity index (χ1v) is 10.8. The van der Waals surface area contributed by atoms with Gasteiger partial charge >= 0.3 is 11.9 Å². The van der Waals surface area contributed by atoms with Crippen LogP contribution in [0.3, 0.4) is 0 Å². The van der Waals surface area contributed by atoms with E-state index in [0.717, 1.165) is 0 Å². The first-order chi connectivity index (χ1) is 14.9. The lowest BCUT2D eigenvalue weighted by molar-refractivity contribution is -0.165. The zero-order chi connectivity index (χ0) is 24.1. The van der Waals surface area contributed by atoms with Crippen LogP contribution in [0.15, 0.2) is 12.3 Å². The summed E-state index contributed by atoms with van der Waals surface area (Å²) in [5.74, 6) is -1.30. The highest BCUT2D eigenvalue weighted by Gasteiger charge is 2.36. The molecule has 9 nitrogen and oxygen atoms in total. The molecule has 1 fully saturated rings. The predicted molar refractivity (Wildman–Crippen MR) is 116 cm³/mol. The number of nitrogens with one attached hydrogen (secondary N) is 1. The normalized spacial score (nSPS) is 16.5. The summed E-state index contributed by atoms with van der Waals surface area (Å²) in [6.45, 7) is 11.2. The number of amides is 1. The summed E-state index contributed by atoms with van der Waals surface area (Å²) in [7, 11) is 1.38. The van der Waals surface area contributed by atoms with Crippen LogP contribution in [0.4, 0.5) is 0 Å². The van der Waals surface area contributed by atoms with E-state index in [0.29, 0.717) is 12.5 Å². The van der Waals surface area contributed by atoms with Crippen LogP contribution in [0.2, 0.25) is 0 Å². The molecule has 1 aliphatic carbocycles. The fourth-order valence-corrected chi connectivity index (χ4v) is 3.28. The lowest BCUT2D eigenvalue weighted by Crippen LogP contribution is -2.46. The van der Waals surface area contributed by atoms with Crippen molar-refractivity contribution >= 4 is 17.8 Å². The second kappa shape index (κ2) is 10.8. The van der Waals surface area contributed by atoms with Gasteiger partial charge in [0, 0.05) is 25.8 Å². The lowest BCUT2D eigenvalue weighted by Gasteiger charge is -2.35. The quantitative estimate of drug-likeness (QED) is 0.542. The summed E-state index contributed by atoms with van der Waals surface area (Å²) >= 11 is 0. The van der Waals surface area contributed by atoms with E-state index in [4.69, 9.17) is 18.9 Å². The van der Waals surface area contributed by atoms with E-state index in [9.17, 15) is 14.4 Å². The maximum atomic E-state index is 12.7. The smallest absolute Gasteiger partial charge is 0.328 e. The molecule has 1 saturated carbocycles. The van der Waals surface area contributed by atoms with Gasteiger partial charge in [0.2, 0.25) is 5.75 Å². The third kappa shape index (κ3) is 7.19. The number of aromatic nitrogens is 1. The minimum Gasteiger partial charge on any atom is -0.493 e. The first kappa shape index (κ1) is 25.6. The molecule has 3 atom stereocenters. The maximum absolute atomic E-state index is 12.7. The monoisotopic (exact) mass is 450 g/mol. The number of methoxy groups -OCH3 is 1. The maximum Gasteiger partial charge on any atom is 0.328 e. The predicted octanol–water partition coefficient (Wildman–Crippen LogP) is 2.91. The number of carbonyl (C=O) groups excluding carboxylic acids is 3. The number of hydrogen-bond acceptors (Lipinski definition) is 8. The number of nitrogens with zero attached hydrogens (tertiary/aromatic N) is 1. The molecule has 0 unspecified atom stereocenters. The first-order valence-electron chi connectivity index (χ1n) is 10.8. The van der Waals surface area contributed by atoms with Crippen molar-refractivity contribution in [2.45, 2.75) is 72.6 Å². The second-order valence-corrected chi connectivity index (χ2v) is 9.19. The lowest BCUT2D eigenvalue weighted by atomic mass is 9.86. The fourth-order valence-electron chi connectivity index (χ4n) is 3.28. The Balaban J connectivity index is 2.05. The molecule has 0 spiro atoms. The van der Waals surface area contributed by atoms with Gasteiger partial charge < -0.3 is 24.3 Å². The van der Waals surface area contributed by atoms with Crippen LogP contribution in [0.5, 0.6) is 11.5 Å². The minimum atomic E-state index is -0.966. The molecule has 1 N–H and O–H groups in total. The van der Waals surface area contributed by atoms with Gasteiger partial charge in [0.05, 0.1) is 13.2 Å². The average molecular weight is 451 g/mol. The van der Waals surface area contributed by atoms with Crippen molar-refractivity contribution in [1.29, 1.82) is 0 Å². The summed E-state index contributed by atoms with van der Waals surface area (Å²) in [4.78, 5) is 40.8. The standard InChI is InChI=1S/C23H34N2O7/c1-13(22(28)31-14(2)20(23(4,5)6)30-12-16-8-9-16)25-21(27)18-19(32-15(3)26)17(29-7)10-11-24-18/h10-11,13-14,16,20H,8-9,12H2,1-7H3,(H,25,27)/t13-,14-,20-/m0/s1. The molecule has 9 heteroatoms. The molecule has 1 aliphatic rings. The minimum absolute atomic E-state index is 0.116. The molecule has 32 heavy (non-hydrogen) atoms. The van der Waals surface area contributed by atoms with Gasteiger partial charge in [-0.1, -0.05) is 20.8 Å². The Morgan fingerprint density at radius 3 is 2.41 bits per heavy atom. The van der Waals surface area contributed by atoms with Crippen molar-refractivity contribution < 1.29 is 33.3 Å². The van der Waals surface area contributed by atoms with Gasteiger partial charge in [0.1, 0.15) is 12.1 Å². The van der Waals surface area contributed by atoms with Crippen molar-refractivity contribution in [3.8, 4) is 11.5 Å². The average Bonchev–Trinajstić information content (AvgIpc) is 3.50. The van der Waals surface area contributed by atoms with Crippen molar-refractivity contribution in [3.63, 3.8) is 0 Å². The largest absolute Gasteiger partial charge is 0.493 e. The molecule has 0 radical (unpaired) electrons. The van der Waals surface area contributed by atoms with Crippen LogP contribution in [-0.4, -0.2) is 54.8 Å². The highest BCUT2D eigenvalue weighted by molar-refractivity contribution is 5.98. The number of esters is 2. The molecular weight excluding hydrogens is 416 g/mol. The SMILES string of the molecule is COc1ccnc(C(=O)N[C@@H](C)C(=O)O[C@@H](C)[C@H](OCC2CC2)C(C)(C)C)c1OC(C)=O. The van der Waals surface area contributed by atoms with E-state index in [1.165, 1.54) is 46.1 Å². The van der Waals surface area contributed by atoms with Crippen molar-refractivity contribution in [3.05, 3.63) is 18.0 Å². The zero-order valence-electron chi connectivity index (χ0n) is 19.9. The van der Waals surface area contributed by atoms with Crippen LogP contribution in [0, 0.1) is 11.3 Å². The molecule has 0 aliphatic heterocycles. The van der Waals surface area contributed by atoms with Gasteiger partial charge in [-0.3, -0.25) is 9.59 Å². The Labute approximate surface area is 189 Å². The Hall–Kier alpha value is -2.68. The summed E-state index contributed by atoms with van der Waals surface area (Å²) < 4.78 is 21.9. The van der Waals surface area contributed by atoms with E-state index in [1.807, 2.05) is 20.8 Å².